The molecule has 0 bridgehead atoms. The summed E-state index contributed by atoms with van der Waals surface area (Å²) in [5.41, 5.74) is -0.347. The largest absolute Gasteiger partial charge is 0.491 e. The van der Waals surface area contributed by atoms with E-state index in [1.807, 2.05) is 6.92 Å². The van der Waals surface area contributed by atoms with Crippen molar-refractivity contribution in [3.8, 4) is 22.6 Å². The molecule has 2 fully saturated rings. The molecule has 10 heteroatoms. The van der Waals surface area contributed by atoms with Crippen LogP contribution < -0.4 is 9.47 Å². The lowest BCUT2D eigenvalue weighted by molar-refractivity contribution is -0.157. The zero-order chi connectivity index (χ0) is 33.7. The number of esters is 1. The maximum atomic E-state index is 15.2. The lowest BCUT2D eigenvalue weighted by Gasteiger charge is -2.32. The fourth-order valence-electron chi connectivity index (χ4n) is 6.79. The third-order valence-electron chi connectivity index (χ3n) is 9.48. The van der Waals surface area contributed by atoms with Gasteiger partial charge in [-0.1, -0.05) is 31.5 Å². The third-order valence-corrected chi connectivity index (χ3v) is 9.48. The highest BCUT2D eigenvalue weighted by Crippen LogP contribution is 2.42. The summed E-state index contributed by atoms with van der Waals surface area (Å²) in [7, 11) is 0. The Morgan fingerprint density at radius 2 is 1.11 bits per heavy atom. The standard InChI is InChI=1S/C37H40F6O4/c1-3-5-20-46-30-18-16-26(32(39)36(30)43)21-6-8-23(9-7-21)37(44)47-24-12-10-22(11-13-24)25-14-15-27(33(40)31(25)38)28-17-19-29(45-4-2)35(42)34(28)41/h14-19,21-24H,3-13,20H2,1-2H3. The molecule has 4 nitrogen and oxygen atoms in total. The quantitative estimate of drug-likeness (QED) is 0.116. The van der Waals surface area contributed by atoms with Crippen LogP contribution in [0.2, 0.25) is 0 Å². The number of carbonyl (C=O) groups excluding carboxylic acids is 1. The number of rotatable bonds is 11. The van der Waals surface area contributed by atoms with Crippen LogP contribution in [-0.2, 0) is 9.53 Å². The molecule has 0 saturated heterocycles. The fraction of sp³-hybridized carbons (Fsp3) is 0.486. The molecule has 0 unspecified atom stereocenters. The van der Waals surface area contributed by atoms with Crippen LogP contribution in [0.5, 0.6) is 11.5 Å². The second-order valence-corrected chi connectivity index (χ2v) is 12.4. The van der Waals surface area contributed by atoms with Gasteiger partial charge in [-0.3, -0.25) is 4.79 Å². The van der Waals surface area contributed by atoms with E-state index in [2.05, 4.69) is 0 Å². The molecule has 2 aliphatic carbocycles. The predicted molar refractivity (Wildman–Crippen MR) is 165 cm³/mol. The fourth-order valence-corrected chi connectivity index (χ4v) is 6.79. The average molecular weight is 663 g/mol. The molecule has 0 heterocycles. The molecule has 0 atom stereocenters. The first-order chi connectivity index (χ1) is 22.6. The highest BCUT2D eigenvalue weighted by molar-refractivity contribution is 5.73. The maximum Gasteiger partial charge on any atom is 0.309 e. The molecule has 3 aromatic rings. The molecule has 5 rings (SSSR count). The van der Waals surface area contributed by atoms with Gasteiger partial charge < -0.3 is 14.2 Å². The third kappa shape index (κ3) is 7.57. The van der Waals surface area contributed by atoms with E-state index < -0.39 is 40.5 Å². The molecule has 0 spiro atoms. The van der Waals surface area contributed by atoms with Crippen LogP contribution in [0.4, 0.5) is 26.3 Å². The van der Waals surface area contributed by atoms with Crippen LogP contribution in [0.3, 0.4) is 0 Å². The van der Waals surface area contributed by atoms with E-state index in [9.17, 15) is 22.4 Å². The Hall–Kier alpha value is -3.69. The summed E-state index contributed by atoms with van der Waals surface area (Å²) in [6, 6.07) is 8.04. The van der Waals surface area contributed by atoms with Gasteiger partial charge in [0.25, 0.3) is 0 Å². The van der Waals surface area contributed by atoms with E-state index in [0.29, 0.717) is 63.5 Å². The molecule has 2 aliphatic rings. The van der Waals surface area contributed by atoms with Crippen molar-refractivity contribution in [3.63, 3.8) is 0 Å². The molecule has 0 amide bonds. The topological polar surface area (TPSA) is 44.8 Å². The minimum absolute atomic E-state index is 0.0902. The van der Waals surface area contributed by atoms with Gasteiger partial charge in [0, 0.05) is 11.1 Å². The van der Waals surface area contributed by atoms with Gasteiger partial charge in [0.05, 0.1) is 19.1 Å². The van der Waals surface area contributed by atoms with E-state index in [0.717, 1.165) is 18.9 Å². The first kappa shape index (κ1) is 34.6. The second kappa shape index (κ2) is 15.5. The Labute approximate surface area is 271 Å². The minimum atomic E-state index is -1.32. The van der Waals surface area contributed by atoms with E-state index in [1.54, 1.807) is 13.0 Å². The normalized spacial score (nSPS) is 21.4. The molecule has 0 radical (unpaired) electrons. The van der Waals surface area contributed by atoms with Gasteiger partial charge in [0.2, 0.25) is 11.6 Å². The van der Waals surface area contributed by atoms with Gasteiger partial charge in [-0.25, -0.2) is 17.6 Å². The summed E-state index contributed by atoms with van der Waals surface area (Å²) < 4.78 is 105. The summed E-state index contributed by atoms with van der Waals surface area (Å²) in [5, 5.41) is 0. The number of hydrogen-bond donors (Lipinski definition) is 0. The minimum Gasteiger partial charge on any atom is -0.491 e. The van der Waals surface area contributed by atoms with Crippen LogP contribution in [0, 0.1) is 40.8 Å². The van der Waals surface area contributed by atoms with Crippen molar-refractivity contribution in [1.29, 1.82) is 0 Å². The smallest absolute Gasteiger partial charge is 0.309 e. The zero-order valence-corrected chi connectivity index (χ0v) is 26.7. The van der Waals surface area contributed by atoms with Gasteiger partial charge >= 0.3 is 5.97 Å². The van der Waals surface area contributed by atoms with Gasteiger partial charge in [-0.2, -0.15) is 8.78 Å². The molecule has 3 aromatic carbocycles. The van der Waals surface area contributed by atoms with Crippen LogP contribution in [0.1, 0.15) is 101 Å². The monoisotopic (exact) mass is 662 g/mol. The van der Waals surface area contributed by atoms with Gasteiger partial charge in [-0.15, -0.1) is 0 Å². The van der Waals surface area contributed by atoms with E-state index in [4.69, 9.17) is 14.2 Å². The first-order valence-corrected chi connectivity index (χ1v) is 16.5. The molecular weight excluding hydrogens is 622 g/mol. The summed E-state index contributed by atoms with van der Waals surface area (Å²) in [4.78, 5) is 13.0. The SMILES string of the molecule is CCCCOc1ccc(C2CCC(C(=O)OC3CCC(c4ccc(-c5ccc(OCC)c(F)c5F)c(F)c4F)CC3)CC2)c(F)c1F. The predicted octanol–water partition coefficient (Wildman–Crippen LogP) is 10.3. The second-order valence-electron chi connectivity index (χ2n) is 12.4. The number of unbranched alkanes of at least 4 members (excludes halogenated alkanes) is 1. The Morgan fingerprint density at radius 3 is 1.72 bits per heavy atom. The number of hydrogen-bond acceptors (Lipinski definition) is 4. The molecule has 0 aliphatic heterocycles. The zero-order valence-electron chi connectivity index (χ0n) is 26.7. The average Bonchev–Trinajstić information content (AvgIpc) is 3.07. The molecular formula is C37H40F6O4. The Kier molecular flexibility index (Phi) is 11.4. The van der Waals surface area contributed by atoms with Crippen molar-refractivity contribution < 1.29 is 45.3 Å². The van der Waals surface area contributed by atoms with Crippen LogP contribution >= 0.6 is 0 Å². The lowest BCUT2D eigenvalue weighted by atomic mass is 9.78. The van der Waals surface area contributed by atoms with Crippen molar-refractivity contribution in [1.82, 2.24) is 0 Å². The lowest BCUT2D eigenvalue weighted by Crippen LogP contribution is -2.30. The van der Waals surface area contributed by atoms with Gasteiger partial charge in [0.15, 0.2) is 34.8 Å². The van der Waals surface area contributed by atoms with E-state index >= 15 is 8.78 Å². The van der Waals surface area contributed by atoms with E-state index in [-0.39, 0.29) is 59.1 Å². The molecule has 0 N–H and O–H groups in total. The first-order valence-electron chi connectivity index (χ1n) is 16.5. The molecule has 254 valence electrons. The number of benzene rings is 3. The summed E-state index contributed by atoms with van der Waals surface area (Å²) in [5.74, 6) is -8.44. The van der Waals surface area contributed by atoms with Crippen molar-refractivity contribution >= 4 is 5.97 Å². The van der Waals surface area contributed by atoms with E-state index in [1.165, 1.54) is 24.3 Å². The highest BCUT2D eigenvalue weighted by atomic mass is 19.2. The highest BCUT2D eigenvalue weighted by Gasteiger charge is 2.34. The van der Waals surface area contributed by atoms with Crippen molar-refractivity contribution in [2.24, 2.45) is 5.92 Å². The van der Waals surface area contributed by atoms with Crippen LogP contribution in [0.25, 0.3) is 11.1 Å². The van der Waals surface area contributed by atoms with Crippen molar-refractivity contribution in [2.45, 2.75) is 96.0 Å². The van der Waals surface area contributed by atoms with Gasteiger partial charge in [0.1, 0.15) is 6.10 Å². The molecule has 2 saturated carbocycles. The summed E-state index contributed by atoms with van der Waals surface area (Å²) in [6.07, 6.45) is 5.12. The van der Waals surface area contributed by atoms with Crippen LogP contribution in [0.15, 0.2) is 36.4 Å². The number of halogens is 6. The summed E-state index contributed by atoms with van der Waals surface area (Å²) >= 11 is 0. The van der Waals surface area contributed by atoms with Crippen molar-refractivity contribution in [3.05, 3.63) is 82.4 Å². The number of carbonyl (C=O) groups is 1. The Balaban J connectivity index is 1.13. The van der Waals surface area contributed by atoms with Gasteiger partial charge in [-0.05, 0) is 106 Å². The molecule has 0 aromatic heterocycles. The van der Waals surface area contributed by atoms with Crippen LogP contribution in [-0.4, -0.2) is 25.3 Å². The Bertz CT molecular complexity index is 1560. The van der Waals surface area contributed by atoms with Crippen molar-refractivity contribution in [2.75, 3.05) is 13.2 Å². The number of ether oxygens (including phenoxy) is 3. The summed E-state index contributed by atoms with van der Waals surface area (Å²) in [6.45, 7) is 4.03. The Morgan fingerprint density at radius 1 is 0.617 bits per heavy atom. The molecule has 47 heavy (non-hydrogen) atoms. The maximum absolute atomic E-state index is 15.2.